The third-order valence-electron chi connectivity index (χ3n) is 2.64. The number of carboxylic acids is 2. The van der Waals surface area contributed by atoms with Gasteiger partial charge in [-0.1, -0.05) is 0 Å². The van der Waals surface area contributed by atoms with E-state index in [0.717, 1.165) is 0 Å². The fraction of sp³-hybridized carbons (Fsp3) is 0.500. The van der Waals surface area contributed by atoms with Crippen LogP contribution in [-0.4, -0.2) is 71.0 Å². The zero-order valence-corrected chi connectivity index (χ0v) is 13.0. The summed E-state index contributed by atoms with van der Waals surface area (Å²) in [4.78, 5) is 66.2. The number of rotatable bonds is 11. The van der Waals surface area contributed by atoms with E-state index in [2.05, 4.69) is 10.6 Å². The average molecular weight is 361 g/mol. The topological polar surface area (TPSA) is 231 Å². The van der Waals surface area contributed by atoms with Gasteiger partial charge in [-0.15, -0.1) is 0 Å². The first-order chi connectivity index (χ1) is 11.5. The molecule has 0 heterocycles. The lowest BCUT2D eigenvalue weighted by molar-refractivity contribution is -0.147. The van der Waals surface area contributed by atoms with E-state index in [4.69, 9.17) is 21.7 Å². The number of carbonyl (C=O) groups excluding carboxylic acids is 4. The molecule has 0 aromatic heterocycles. The van der Waals surface area contributed by atoms with Gasteiger partial charge in [0.05, 0.1) is 32.0 Å². The van der Waals surface area contributed by atoms with Gasteiger partial charge in [0.1, 0.15) is 6.04 Å². The van der Waals surface area contributed by atoms with E-state index >= 15 is 0 Å². The van der Waals surface area contributed by atoms with Crippen LogP contribution >= 0.6 is 0 Å². The molecule has 0 bridgehead atoms. The summed E-state index contributed by atoms with van der Waals surface area (Å²) in [5, 5.41) is 23.4. The van der Waals surface area contributed by atoms with Crippen molar-refractivity contribution in [2.45, 2.75) is 24.9 Å². The second-order valence-electron chi connectivity index (χ2n) is 4.83. The Hall–Kier alpha value is -3.22. The minimum absolute atomic E-state index is 0.407. The quantitative estimate of drug-likeness (QED) is 0.187. The Morgan fingerprint density at radius 2 is 1.44 bits per heavy atom. The largest absolute Gasteiger partial charge is 0.481 e. The molecule has 2 unspecified atom stereocenters. The number of aliphatic carboxylic acids is 2. The van der Waals surface area contributed by atoms with Gasteiger partial charge in [0.15, 0.2) is 0 Å². The highest BCUT2D eigenvalue weighted by Gasteiger charge is 2.23. The summed E-state index contributed by atoms with van der Waals surface area (Å²) in [5.74, 6) is -6.29. The number of primary amides is 1. The highest BCUT2D eigenvalue weighted by atomic mass is 16.4. The highest BCUT2D eigenvalue weighted by molar-refractivity contribution is 5.92. The number of nitrogens with one attached hydrogen (secondary N) is 3. The van der Waals surface area contributed by atoms with Crippen molar-refractivity contribution in [1.29, 1.82) is 0 Å². The zero-order chi connectivity index (χ0) is 19.6. The van der Waals surface area contributed by atoms with Crippen LogP contribution in [0, 0.1) is 0 Å². The molecule has 0 fully saturated rings. The summed E-state index contributed by atoms with van der Waals surface area (Å²) in [6.45, 7) is -1.18. The molecule has 4 amide bonds. The molecule has 0 aromatic rings. The lowest BCUT2D eigenvalue weighted by atomic mass is 10.2. The summed E-state index contributed by atoms with van der Waals surface area (Å²) in [7, 11) is 0. The standard InChI is InChI=1S/C12H19N5O8/c13-5(1-7(14)18)11(23)16-3-8(19)15-4-9(20)17-6(12(24)25)2-10(21)22/h5-6H,1-4,13H2,(H2,14,18)(H,15,19)(H,16,23)(H,17,20)(H,21,22)(H,24,25). The first kappa shape index (κ1) is 21.8. The van der Waals surface area contributed by atoms with Crippen molar-refractivity contribution in [2.24, 2.45) is 11.5 Å². The normalized spacial score (nSPS) is 12.4. The predicted octanol–water partition coefficient (Wildman–Crippen LogP) is -4.53. The number of hydrogen-bond acceptors (Lipinski definition) is 7. The zero-order valence-electron chi connectivity index (χ0n) is 13.0. The van der Waals surface area contributed by atoms with E-state index in [1.807, 2.05) is 5.32 Å². The van der Waals surface area contributed by atoms with Crippen molar-refractivity contribution in [3.05, 3.63) is 0 Å². The summed E-state index contributed by atoms with van der Waals surface area (Å²) in [6.07, 6.45) is -1.24. The maximum Gasteiger partial charge on any atom is 0.326 e. The molecule has 0 saturated heterocycles. The van der Waals surface area contributed by atoms with E-state index in [-0.39, 0.29) is 0 Å². The molecule has 140 valence electrons. The number of carbonyl (C=O) groups is 6. The molecule has 0 aliphatic heterocycles. The van der Waals surface area contributed by atoms with Gasteiger partial charge in [0.2, 0.25) is 23.6 Å². The third kappa shape index (κ3) is 10.2. The molecule has 0 aliphatic carbocycles. The fourth-order valence-electron chi connectivity index (χ4n) is 1.47. The second kappa shape index (κ2) is 10.5. The Morgan fingerprint density at radius 3 is 1.92 bits per heavy atom. The van der Waals surface area contributed by atoms with E-state index in [9.17, 15) is 28.8 Å². The number of carboxylic acid groups (broad SMARTS) is 2. The van der Waals surface area contributed by atoms with Crippen molar-refractivity contribution < 1.29 is 39.0 Å². The Labute approximate surface area is 141 Å². The van der Waals surface area contributed by atoms with Crippen LogP contribution in [0.4, 0.5) is 0 Å². The molecule has 13 heteroatoms. The van der Waals surface area contributed by atoms with Gasteiger partial charge in [0, 0.05) is 0 Å². The van der Waals surface area contributed by atoms with Crippen molar-refractivity contribution in [3.63, 3.8) is 0 Å². The summed E-state index contributed by atoms with van der Waals surface area (Å²) in [6, 6.07) is -2.87. The van der Waals surface area contributed by atoms with Crippen LogP contribution in [0.1, 0.15) is 12.8 Å². The van der Waals surface area contributed by atoms with Crippen LogP contribution in [0.5, 0.6) is 0 Å². The molecule has 0 radical (unpaired) electrons. The van der Waals surface area contributed by atoms with Crippen LogP contribution in [0.15, 0.2) is 0 Å². The Kier molecular flexibility index (Phi) is 9.18. The molecule has 2 atom stereocenters. The van der Waals surface area contributed by atoms with Crippen LogP contribution in [0.3, 0.4) is 0 Å². The molecule has 0 aromatic carbocycles. The monoisotopic (exact) mass is 361 g/mol. The van der Waals surface area contributed by atoms with Crippen molar-refractivity contribution in [2.75, 3.05) is 13.1 Å². The van der Waals surface area contributed by atoms with Gasteiger partial charge in [-0.05, 0) is 0 Å². The SMILES string of the molecule is NC(=O)CC(N)C(=O)NCC(=O)NCC(=O)NC(CC(=O)O)C(=O)O. The first-order valence-corrected chi connectivity index (χ1v) is 6.85. The lowest BCUT2D eigenvalue weighted by Gasteiger charge is -2.13. The van der Waals surface area contributed by atoms with Crippen molar-refractivity contribution >= 4 is 35.6 Å². The van der Waals surface area contributed by atoms with Crippen LogP contribution in [0.25, 0.3) is 0 Å². The maximum absolute atomic E-state index is 11.5. The molecule has 13 nitrogen and oxygen atoms in total. The number of amides is 4. The molecule has 9 N–H and O–H groups in total. The highest BCUT2D eigenvalue weighted by Crippen LogP contribution is 1.92. The lowest BCUT2D eigenvalue weighted by Crippen LogP contribution is -2.49. The molecular formula is C12H19N5O8. The summed E-state index contributed by atoms with van der Waals surface area (Å²) >= 11 is 0. The minimum Gasteiger partial charge on any atom is -0.481 e. The van der Waals surface area contributed by atoms with Gasteiger partial charge in [0.25, 0.3) is 0 Å². The molecule has 0 aliphatic rings. The molecule has 0 rings (SSSR count). The average Bonchev–Trinajstić information content (AvgIpc) is 2.48. The number of nitrogens with two attached hydrogens (primary N) is 2. The maximum atomic E-state index is 11.5. The van der Waals surface area contributed by atoms with Gasteiger partial charge in [-0.2, -0.15) is 0 Å². The van der Waals surface area contributed by atoms with E-state index < -0.39 is 73.6 Å². The Balaban J connectivity index is 4.21. The Bertz CT molecular complexity index is 564. The van der Waals surface area contributed by atoms with Gasteiger partial charge >= 0.3 is 11.9 Å². The van der Waals surface area contributed by atoms with Gasteiger partial charge in [-0.25, -0.2) is 4.79 Å². The van der Waals surface area contributed by atoms with E-state index in [1.165, 1.54) is 0 Å². The van der Waals surface area contributed by atoms with E-state index in [0.29, 0.717) is 0 Å². The second-order valence-corrected chi connectivity index (χ2v) is 4.83. The molecule has 25 heavy (non-hydrogen) atoms. The summed E-state index contributed by atoms with van der Waals surface area (Å²) in [5.41, 5.74) is 10.2. The van der Waals surface area contributed by atoms with Gasteiger partial charge < -0.3 is 37.6 Å². The Morgan fingerprint density at radius 1 is 0.880 bits per heavy atom. The predicted molar refractivity (Wildman–Crippen MR) is 79.6 cm³/mol. The number of hydrogen-bond donors (Lipinski definition) is 7. The van der Waals surface area contributed by atoms with Gasteiger partial charge in [-0.3, -0.25) is 24.0 Å². The fourth-order valence-corrected chi connectivity index (χ4v) is 1.47. The first-order valence-electron chi connectivity index (χ1n) is 6.85. The van der Waals surface area contributed by atoms with E-state index in [1.54, 1.807) is 0 Å². The minimum atomic E-state index is -1.64. The molecule has 0 saturated carbocycles. The van der Waals surface area contributed by atoms with Crippen LogP contribution < -0.4 is 27.4 Å². The molecular weight excluding hydrogens is 342 g/mol. The van der Waals surface area contributed by atoms with Crippen molar-refractivity contribution in [1.82, 2.24) is 16.0 Å². The smallest absolute Gasteiger partial charge is 0.326 e. The van der Waals surface area contributed by atoms with Crippen LogP contribution in [-0.2, 0) is 28.8 Å². The van der Waals surface area contributed by atoms with Crippen LogP contribution in [0.2, 0.25) is 0 Å². The molecule has 0 spiro atoms. The summed E-state index contributed by atoms with van der Waals surface area (Å²) < 4.78 is 0. The van der Waals surface area contributed by atoms with Crippen molar-refractivity contribution in [3.8, 4) is 0 Å². The third-order valence-corrected chi connectivity index (χ3v) is 2.64.